The molecule has 1 heterocycles. The molecule has 1 aromatic heterocycles. The molecule has 0 saturated heterocycles. The van der Waals surface area contributed by atoms with Crippen molar-refractivity contribution >= 4 is 17.0 Å². The Morgan fingerprint density at radius 2 is 1.87 bits per heavy atom. The second kappa shape index (κ2) is 6.96. The van der Waals surface area contributed by atoms with E-state index in [0.29, 0.717) is 12.4 Å². The third kappa shape index (κ3) is 3.69. The van der Waals surface area contributed by atoms with E-state index in [0.717, 1.165) is 30.4 Å². The van der Waals surface area contributed by atoms with Crippen LogP contribution in [-0.2, 0) is 6.54 Å². The van der Waals surface area contributed by atoms with Crippen molar-refractivity contribution in [3.05, 3.63) is 60.4 Å². The Hall–Kier alpha value is -2.82. The molecule has 0 bridgehead atoms. The van der Waals surface area contributed by atoms with E-state index in [2.05, 4.69) is 15.6 Å². The second-order valence-corrected chi connectivity index (χ2v) is 5.31. The van der Waals surface area contributed by atoms with E-state index in [1.165, 1.54) is 0 Å². The van der Waals surface area contributed by atoms with E-state index in [9.17, 15) is 4.79 Å². The Morgan fingerprint density at radius 3 is 2.65 bits per heavy atom. The molecule has 0 aliphatic carbocycles. The zero-order chi connectivity index (χ0) is 16.1. The third-order valence-electron chi connectivity index (χ3n) is 3.69. The van der Waals surface area contributed by atoms with Crippen molar-refractivity contribution in [3.8, 4) is 5.75 Å². The van der Waals surface area contributed by atoms with Gasteiger partial charge in [-0.3, -0.25) is 0 Å². The zero-order valence-electron chi connectivity index (χ0n) is 12.7. The largest absolute Gasteiger partial charge is 0.494 e. The van der Waals surface area contributed by atoms with Gasteiger partial charge in [0.05, 0.1) is 29.5 Å². The first kappa shape index (κ1) is 15.1. The van der Waals surface area contributed by atoms with Crippen molar-refractivity contribution in [2.75, 3.05) is 6.61 Å². The summed E-state index contributed by atoms with van der Waals surface area (Å²) in [5.74, 6) is -0.229. The summed E-state index contributed by atoms with van der Waals surface area (Å²) in [5.41, 5.74) is 2.43. The van der Waals surface area contributed by atoms with E-state index in [1.54, 1.807) is 24.3 Å². The molecule has 3 aromatic rings. The molecule has 0 saturated carbocycles. The lowest BCUT2D eigenvalue weighted by molar-refractivity contribution is 0.0697. The number of aromatic nitrogens is 2. The SMILES string of the molecule is O=C(O)c1ccc(OCCCCn2cnc3ccccc32)cc1. The van der Waals surface area contributed by atoms with E-state index < -0.39 is 5.97 Å². The number of aromatic carboxylic acids is 1. The zero-order valence-corrected chi connectivity index (χ0v) is 12.7. The van der Waals surface area contributed by atoms with Crippen molar-refractivity contribution in [2.45, 2.75) is 19.4 Å². The highest BCUT2D eigenvalue weighted by Crippen LogP contribution is 2.14. The van der Waals surface area contributed by atoms with Gasteiger partial charge in [-0.1, -0.05) is 12.1 Å². The van der Waals surface area contributed by atoms with Crippen LogP contribution in [0.4, 0.5) is 0 Å². The molecule has 118 valence electrons. The number of carboxylic acids is 1. The Kier molecular flexibility index (Phi) is 4.57. The van der Waals surface area contributed by atoms with E-state index in [1.807, 2.05) is 24.5 Å². The molecule has 1 N–H and O–H groups in total. The van der Waals surface area contributed by atoms with E-state index in [-0.39, 0.29) is 5.56 Å². The van der Waals surface area contributed by atoms with Gasteiger partial charge in [0.15, 0.2) is 0 Å². The molecule has 3 rings (SSSR count). The smallest absolute Gasteiger partial charge is 0.335 e. The van der Waals surface area contributed by atoms with Crippen molar-refractivity contribution in [3.63, 3.8) is 0 Å². The van der Waals surface area contributed by atoms with Crippen molar-refractivity contribution in [1.82, 2.24) is 9.55 Å². The predicted molar refractivity (Wildman–Crippen MR) is 87.9 cm³/mol. The number of para-hydroxylation sites is 2. The fourth-order valence-corrected chi connectivity index (χ4v) is 2.46. The summed E-state index contributed by atoms with van der Waals surface area (Å²) in [6.45, 7) is 1.51. The van der Waals surface area contributed by atoms with Crippen LogP contribution in [0.5, 0.6) is 5.75 Å². The van der Waals surface area contributed by atoms with E-state index in [4.69, 9.17) is 9.84 Å². The molecule has 0 atom stereocenters. The lowest BCUT2D eigenvalue weighted by atomic mass is 10.2. The number of hydrogen-bond donors (Lipinski definition) is 1. The van der Waals surface area contributed by atoms with Crippen molar-refractivity contribution in [1.29, 1.82) is 0 Å². The highest BCUT2D eigenvalue weighted by Gasteiger charge is 2.03. The number of aryl methyl sites for hydroxylation is 1. The predicted octanol–water partition coefficient (Wildman–Crippen LogP) is 3.59. The highest BCUT2D eigenvalue weighted by molar-refractivity contribution is 5.87. The lowest BCUT2D eigenvalue weighted by Gasteiger charge is -2.07. The monoisotopic (exact) mass is 310 g/mol. The summed E-state index contributed by atoms with van der Waals surface area (Å²) in [6.07, 6.45) is 3.79. The molecular weight excluding hydrogens is 292 g/mol. The van der Waals surface area contributed by atoms with Gasteiger partial charge in [0.25, 0.3) is 0 Å². The van der Waals surface area contributed by atoms with Crippen molar-refractivity contribution in [2.24, 2.45) is 0 Å². The molecule has 0 spiro atoms. The molecule has 0 amide bonds. The molecule has 5 heteroatoms. The van der Waals surface area contributed by atoms with Crippen LogP contribution in [0, 0.1) is 0 Å². The number of imidazole rings is 1. The van der Waals surface area contributed by atoms with Crippen LogP contribution in [0.2, 0.25) is 0 Å². The quantitative estimate of drug-likeness (QED) is 0.677. The number of unbranched alkanes of at least 4 members (excludes halogenated alkanes) is 1. The summed E-state index contributed by atoms with van der Waals surface area (Å²) >= 11 is 0. The van der Waals surface area contributed by atoms with Crippen LogP contribution < -0.4 is 4.74 Å². The van der Waals surface area contributed by atoms with Gasteiger partial charge in [-0.25, -0.2) is 9.78 Å². The fraction of sp³-hybridized carbons (Fsp3) is 0.222. The minimum absolute atomic E-state index is 0.268. The third-order valence-corrected chi connectivity index (χ3v) is 3.69. The maximum Gasteiger partial charge on any atom is 0.335 e. The summed E-state index contributed by atoms with van der Waals surface area (Å²) in [4.78, 5) is 15.1. The first-order valence-corrected chi connectivity index (χ1v) is 7.60. The van der Waals surface area contributed by atoms with Gasteiger partial charge in [0.2, 0.25) is 0 Å². The number of carbonyl (C=O) groups is 1. The standard InChI is InChI=1S/C18H18N2O3/c21-18(22)14-7-9-15(10-8-14)23-12-4-3-11-20-13-19-16-5-1-2-6-17(16)20/h1-2,5-10,13H,3-4,11-12H2,(H,21,22). The summed E-state index contributed by atoms with van der Waals surface area (Å²) in [7, 11) is 0. The molecule has 0 aliphatic rings. The number of hydrogen-bond acceptors (Lipinski definition) is 3. The maximum absolute atomic E-state index is 10.8. The van der Waals surface area contributed by atoms with Gasteiger partial charge in [-0.15, -0.1) is 0 Å². The van der Waals surface area contributed by atoms with Crippen molar-refractivity contribution < 1.29 is 14.6 Å². The minimum Gasteiger partial charge on any atom is -0.494 e. The molecule has 0 fully saturated rings. The van der Waals surface area contributed by atoms with Crippen LogP contribution in [0.15, 0.2) is 54.9 Å². The normalized spacial score (nSPS) is 10.8. The van der Waals surface area contributed by atoms with Gasteiger partial charge in [-0.05, 0) is 49.2 Å². The number of rotatable bonds is 7. The molecule has 23 heavy (non-hydrogen) atoms. The highest BCUT2D eigenvalue weighted by atomic mass is 16.5. The topological polar surface area (TPSA) is 64.3 Å². The molecular formula is C18H18N2O3. The van der Waals surface area contributed by atoms with Crippen LogP contribution in [-0.4, -0.2) is 27.2 Å². The van der Waals surface area contributed by atoms with Gasteiger partial charge >= 0.3 is 5.97 Å². The Morgan fingerprint density at radius 1 is 1.09 bits per heavy atom. The molecule has 0 radical (unpaired) electrons. The molecule has 0 unspecified atom stereocenters. The minimum atomic E-state index is -0.927. The maximum atomic E-state index is 10.8. The Labute approximate surface area is 134 Å². The van der Waals surface area contributed by atoms with Gasteiger partial charge in [0.1, 0.15) is 5.75 Å². The van der Waals surface area contributed by atoms with E-state index >= 15 is 0 Å². The van der Waals surface area contributed by atoms with Crippen LogP contribution >= 0.6 is 0 Å². The number of nitrogens with zero attached hydrogens (tertiary/aromatic N) is 2. The van der Waals surface area contributed by atoms with Crippen LogP contribution in [0.25, 0.3) is 11.0 Å². The first-order chi connectivity index (χ1) is 11.2. The molecule has 2 aromatic carbocycles. The fourth-order valence-electron chi connectivity index (χ4n) is 2.46. The number of fused-ring (bicyclic) bond motifs is 1. The van der Waals surface area contributed by atoms with Gasteiger partial charge < -0.3 is 14.4 Å². The summed E-state index contributed by atoms with van der Waals surface area (Å²) in [5, 5.41) is 8.84. The van der Waals surface area contributed by atoms with Crippen LogP contribution in [0.3, 0.4) is 0 Å². The van der Waals surface area contributed by atoms with Gasteiger partial charge in [-0.2, -0.15) is 0 Å². The summed E-state index contributed by atoms with van der Waals surface area (Å²) < 4.78 is 7.78. The number of carboxylic acid groups (broad SMARTS) is 1. The lowest BCUT2D eigenvalue weighted by Crippen LogP contribution is -2.02. The number of ether oxygens (including phenoxy) is 1. The second-order valence-electron chi connectivity index (χ2n) is 5.31. The molecule has 0 aliphatic heterocycles. The van der Waals surface area contributed by atoms with Crippen LogP contribution in [0.1, 0.15) is 23.2 Å². The molecule has 5 nitrogen and oxygen atoms in total. The Bertz CT molecular complexity index is 793. The number of benzene rings is 2. The average Bonchev–Trinajstić information content (AvgIpc) is 2.98. The Balaban J connectivity index is 1.44. The average molecular weight is 310 g/mol. The summed E-state index contributed by atoms with van der Waals surface area (Å²) in [6, 6.07) is 14.6. The first-order valence-electron chi connectivity index (χ1n) is 7.60. The van der Waals surface area contributed by atoms with Gasteiger partial charge in [0, 0.05) is 6.54 Å².